The third-order valence-corrected chi connectivity index (χ3v) is 1.47. The van der Waals surface area contributed by atoms with Gasteiger partial charge in [-0.1, -0.05) is 29.8 Å². The molecule has 0 saturated carbocycles. The summed E-state index contributed by atoms with van der Waals surface area (Å²) in [5.41, 5.74) is 8.80. The molecule has 1 aromatic carbocycles. The van der Waals surface area contributed by atoms with Crippen molar-refractivity contribution < 1.29 is 0 Å². The van der Waals surface area contributed by atoms with Crippen molar-refractivity contribution in [2.24, 2.45) is 5.73 Å². The Labute approximate surface area is 67.5 Å². The Kier molecular flexibility index (Phi) is 2.32. The predicted molar refractivity (Wildman–Crippen MR) is 49.0 cm³/mol. The SMILES string of the molecule is CC(N)=Cc1ccc(C)cc1. The van der Waals surface area contributed by atoms with Gasteiger partial charge in [0.2, 0.25) is 0 Å². The smallest absolute Gasteiger partial charge is 0.00548 e. The third-order valence-electron chi connectivity index (χ3n) is 1.47. The van der Waals surface area contributed by atoms with Crippen LogP contribution in [0.4, 0.5) is 0 Å². The third kappa shape index (κ3) is 2.46. The molecule has 1 heteroatoms. The van der Waals surface area contributed by atoms with Gasteiger partial charge in [-0.15, -0.1) is 0 Å². The number of nitrogens with two attached hydrogens (primary N) is 1. The molecule has 0 saturated heterocycles. The Balaban J connectivity index is 2.91. The van der Waals surface area contributed by atoms with Crippen LogP contribution in [0.15, 0.2) is 30.0 Å². The van der Waals surface area contributed by atoms with Crippen molar-refractivity contribution in [3.63, 3.8) is 0 Å². The van der Waals surface area contributed by atoms with Crippen molar-refractivity contribution in [3.8, 4) is 0 Å². The summed E-state index contributed by atoms with van der Waals surface area (Å²) in [6.07, 6.45) is 1.96. The van der Waals surface area contributed by atoms with E-state index >= 15 is 0 Å². The van der Waals surface area contributed by atoms with Crippen LogP contribution in [0.2, 0.25) is 0 Å². The summed E-state index contributed by atoms with van der Waals surface area (Å²) in [5.74, 6) is 0. The number of aryl methyl sites for hydroxylation is 1. The molecule has 0 spiro atoms. The van der Waals surface area contributed by atoms with Gasteiger partial charge in [-0.3, -0.25) is 0 Å². The molecule has 0 atom stereocenters. The van der Waals surface area contributed by atoms with E-state index in [-0.39, 0.29) is 0 Å². The molecule has 1 aromatic rings. The highest BCUT2D eigenvalue weighted by atomic mass is 14.5. The second-order valence-corrected chi connectivity index (χ2v) is 2.80. The van der Waals surface area contributed by atoms with Crippen LogP contribution in [0.5, 0.6) is 0 Å². The van der Waals surface area contributed by atoms with Crippen LogP contribution in [-0.2, 0) is 0 Å². The van der Waals surface area contributed by atoms with Crippen LogP contribution >= 0.6 is 0 Å². The van der Waals surface area contributed by atoms with E-state index in [1.807, 2.05) is 13.0 Å². The van der Waals surface area contributed by atoms with Crippen LogP contribution in [0.25, 0.3) is 6.08 Å². The minimum Gasteiger partial charge on any atom is -0.402 e. The quantitative estimate of drug-likeness (QED) is 0.648. The zero-order valence-electron chi connectivity index (χ0n) is 6.96. The fraction of sp³-hybridized carbons (Fsp3) is 0.200. The molecule has 0 bridgehead atoms. The second-order valence-electron chi connectivity index (χ2n) is 2.80. The molecule has 1 nitrogen and oxygen atoms in total. The van der Waals surface area contributed by atoms with E-state index in [2.05, 4.69) is 31.2 Å². The number of rotatable bonds is 1. The highest BCUT2D eigenvalue weighted by Gasteiger charge is 1.86. The summed E-state index contributed by atoms with van der Waals surface area (Å²) in [4.78, 5) is 0. The number of benzene rings is 1. The van der Waals surface area contributed by atoms with Crippen LogP contribution < -0.4 is 5.73 Å². The lowest BCUT2D eigenvalue weighted by atomic mass is 10.1. The van der Waals surface area contributed by atoms with Gasteiger partial charge in [0, 0.05) is 5.70 Å². The lowest BCUT2D eigenvalue weighted by Gasteiger charge is -1.95. The molecule has 0 aliphatic heterocycles. The fourth-order valence-electron chi connectivity index (χ4n) is 0.926. The summed E-state index contributed by atoms with van der Waals surface area (Å²) < 4.78 is 0. The minimum atomic E-state index is 0.842. The van der Waals surface area contributed by atoms with E-state index in [1.54, 1.807) is 0 Å². The second kappa shape index (κ2) is 3.24. The first-order valence-corrected chi connectivity index (χ1v) is 3.69. The highest BCUT2D eigenvalue weighted by Crippen LogP contribution is 2.05. The Morgan fingerprint density at radius 2 is 1.82 bits per heavy atom. The number of hydrogen-bond acceptors (Lipinski definition) is 1. The summed E-state index contributed by atoms with van der Waals surface area (Å²) >= 11 is 0. The summed E-state index contributed by atoms with van der Waals surface area (Å²) in [7, 11) is 0. The van der Waals surface area contributed by atoms with E-state index < -0.39 is 0 Å². The van der Waals surface area contributed by atoms with Gasteiger partial charge in [0.15, 0.2) is 0 Å². The van der Waals surface area contributed by atoms with E-state index in [9.17, 15) is 0 Å². The fourth-order valence-corrected chi connectivity index (χ4v) is 0.926. The van der Waals surface area contributed by atoms with Gasteiger partial charge in [0.05, 0.1) is 0 Å². The first-order chi connectivity index (χ1) is 5.18. The van der Waals surface area contributed by atoms with Gasteiger partial charge in [0.1, 0.15) is 0 Å². The highest BCUT2D eigenvalue weighted by molar-refractivity contribution is 5.51. The maximum Gasteiger partial charge on any atom is 0.00548 e. The zero-order valence-corrected chi connectivity index (χ0v) is 6.96. The van der Waals surface area contributed by atoms with E-state index in [4.69, 9.17) is 5.73 Å². The maximum atomic E-state index is 5.52. The molecular weight excluding hydrogens is 134 g/mol. The molecule has 11 heavy (non-hydrogen) atoms. The molecule has 0 amide bonds. The first-order valence-electron chi connectivity index (χ1n) is 3.69. The first kappa shape index (κ1) is 7.86. The van der Waals surface area contributed by atoms with Gasteiger partial charge in [-0.2, -0.15) is 0 Å². The molecule has 0 radical (unpaired) electrons. The molecule has 2 N–H and O–H groups in total. The van der Waals surface area contributed by atoms with E-state index in [0.717, 1.165) is 11.3 Å². The normalized spacial score (nSPS) is 11.6. The van der Waals surface area contributed by atoms with Gasteiger partial charge < -0.3 is 5.73 Å². The molecular formula is C10H13N. The largest absolute Gasteiger partial charge is 0.402 e. The predicted octanol–water partition coefficient (Wildman–Crippen LogP) is 2.31. The van der Waals surface area contributed by atoms with Crippen molar-refractivity contribution in [2.45, 2.75) is 13.8 Å². The van der Waals surface area contributed by atoms with Crippen molar-refractivity contribution in [1.29, 1.82) is 0 Å². The average molecular weight is 147 g/mol. The average Bonchev–Trinajstić information content (AvgIpc) is 1.93. The number of hydrogen-bond donors (Lipinski definition) is 1. The Morgan fingerprint density at radius 1 is 1.27 bits per heavy atom. The molecule has 0 aliphatic rings. The van der Waals surface area contributed by atoms with Crippen LogP contribution in [-0.4, -0.2) is 0 Å². The van der Waals surface area contributed by atoms with Gasteiger partial charge >= 0.3 is 0 Å². The van der Waals surface area contributed by atoms with Crippen LogP contribution in [0, 0.1) is 6.92 Å². The lowest BCUT2D eigenvalue weighted by Crippen LogP contribution is -1.89. The Bertz CT molecular complexity index is 253. The number of allylic oxidation sites excluding steroid dienone is 1. The summed E-state index contributed by atoms with van der Waals surface area (Å²) in [5, 5.41) is 0. The van der Waals surface area contributed by atoms with E-state index in [0.29, 0.717) is 0 Å². The van der Waals surface area contributed by atoms with Crippen molar-refractivity contribution in [2.75, 3.05) is 0 Å². The monoisotopic (exact) mass is 147 g/mol. The Morgan fingerprint density at radius 3 is 2.27 bits per heavy atom. The molecule has 58 valence electrons. The van der Waals surface area contributed by atoms with Crippen molar-refractivity contribution >= 4 is 6.08 Å². The molecule has 0 fully saturated rings. The molecule has 1 rings (SSSR count). The van der Waals surface area contributed by atoms with Crippen molar-refractivity contribution in [3.05, 3.63) is 41.1 Å². The molecule has 0 unspecified atom stereocenters. The van der Waals surface area contributed by atoms with Gasteiger partial charge in [0.25, 0.3) is 0 Å². The molecule has 0 heterocycles. The van der Waals surface area contributed by atoms with Crippen LogP contribution in [0.1, 0.15) is 18.1 Å². The van der Waals surface area contributed by atoms with Gasteiger partial charge in [-0.25, -0.2) is 0 Å². The zero-order chi connectivity index (χ0) is 8.27. The van der Waals surface area contributed by atoms with Crippen molar-refractivity contribution in [1.82, 2.24) is 0 Å². The lowest BCUT2D eigenvalue weighted by molar-refractivity contribution is 1.34. The Hall–Kier alpha value is -1.24. The summed E-state index contributed by atoms with van der Waals surface area (Å²) in [6.45, 7) is 3.96. The molecule has 0 aliphatic carbocycles. The summed E-state index contributed by atoms with van der Waals surface area (Å²) in [6, 6.07) is 8.28. The standard InChI is InChI=1S/C10H13N/c1-8-3-5-10(6-4-8)7-9(2)11/h3-7H,11H2,1-2H3. The topological polar surface area (TPSA) is 26.0 Å². The molecule has 0 aromatic heterocycles. The van der Waals surface area contributed by atoms with Crippen LogP contribution in [0.3, 0.4) is 0 Å². The maximum absolute atomic E-state index is 5.52. The minimum absolute atomic E-state index is 0.842. The van der Waals surface area contributed by atoms with E-state index in [1.165, 1.54) is 5.56 Å². The van der Waals surface area contributed by atoms with Gasteiger partial charge in [-0.05, 0) is 25.5 Å².